The molecule has 1 aliphatic heterocycles. The molecule has 0 aliphatic carbocycles. The predicted octanol–water partition coefficient (Wildman–Crippen LogP) is -1.45. The Bertz CT molecular complexity index is 175. The lowest BCUT2D eigenvalue weighted by atomic mass is 10.2. The van der Waals surface area contributed by atoms with Gasteiger partial charge in [0.2, 0.25) is 12.8 Å². The molecule has 2 amide bonds. The van der Waals surface area contributed by atoms with E-state index in [0.717, 1.165) is 32.5 Å². The van der Waals surface area contributed by atoms with Gasteiger partial charge >= 0.3 is 0 Å². The Labute approximate surface area is 77.5 Å². The monoisotopic (exact) mass is 185 g/mol. The van der Waals surface area contributed by atoms with Crippen molar-refractivity contribution in [3.05, 3.63) is 0 Å². The predicted molar refractivity (Wildman–Crippen MR) is 48.1 cm³/mol. The molecule has 1 atom stereocenters. The van der Waals surface area contributed by atoms with Gasteiger partial charge in [0.25, 0.3) is 0 Å². The van der Waals surface area contributed by atoms with Gasteiger partial charge in [-0.25, -0.2) is 0 Å². The number of hydrogen-bond acceptors (Lipinski definition) is 3. The van der Waals surface area contributed by atoms with Crippen LogP contribution in [-0.4, -0.2) is 49.9 Å². The second kappa shape index (κ2) is 5.53. The Morgan fingerprint density at radius 2 is 2.31 bits per heavy atom. The third-order valence-electron chi connectivity index (χ3n) is 2.10. The summed E-state index contributed by atoms with van der Waals surface area (Å²) in [4.78, 5) is 22.5. The first-order chi connectivity index (χ1) is 6.36. The van der Waals surface area contributed by atoms with E-state index in [4.69, 9.17) is 0 Å². The Morgan fingerprint density at radius 3 is 3.00 bits per heavy atom. The Kier molecular flexibility index (Phi) is 4.25. The van der Waals surface area contributed by atoms with E-state index in [1.165, 1.54) is 0 Å². The zero-order valence-corrected chi connectivity index (χ0v) is 7.53. The maximum Gasteiger partial charge on any atom is 0.209 e. The first-order valence-corrected chi connectivity index (χ1v) is 4.46. The average molecular weight is 185 g/mol. The molecular weight excluding hydrogens is 170 g/mol. The molecule has 1 fully saturated rings. The van der Waals surface area contributed by atoms with Gasteiger partial charge in [-0.05, 0) is 13.0 Å². The van der Waals surface area contributed by atoms with Gasteiger partial charge in [0.1, 0.15) is 0 Å². The molecule has 0 aromatic rings. The molecule has 0 saturated carbocycles. The van der Waals surface area contributed by atoms with Crippen LogP contribution in [0.25, 0.3) is 0 Å². The van der Waals surface area contributed by atoms with Gasteiger partial charge in [-0.1, -0.05) is 0 Å². The van der Waals surface area contributed by atoms with Gasteiger partial charge in [-0.3, -0.25) is 9.59 Å². The van der Waals surface area contributed by atoms with Crippen molar-refractivity contribution in [2.75, 3.05) is 26.2 Å². The molecule has 0 aromatic heterocycles. The number of nitrogens with zero attached hydrogens (tertiary/aromatic N) is 1. The topological polar surface area (TPSA) is 61.4 Å². The number of carbonyl (C=O) groups is 2. The van der Waals surface area contributed by atoms with Crippen LogP contribution >= 0.6 is 0 Å². The number of carbonyl (C=O) groups excluding carboxylic acids is 2. The Hall–Kier alpha value is -1.10. The highest BCUT2D eigenvalue weighted by atomic mass is 16.1. The molecule has 0 spiro atoms. The minimum Gasteiger partial charge on any atom is -0.353 e. The lowest BCUT2D eigenvalue weighted by Gasteiger charge is -2.27. The highest BCUT2D eigenvalue weighted by Gasteiger charge is 2.13. The van der Waals surface area contributed by atoms with E-state index in [1.54, 1.807) is 4.90 Å². The first-order valence-electron chi connectivity index (χ1n) is 4.46. The minimum absolute atomic E-state index is 0.0306. The van der Waals surface area contributed by atoms with E-state index in [0.29, 0.717) is 13.0 Å². The molecule has 74 valence electrons. The second-order valence-electron chi connectivity index (χ2n) is 3.14. The smallest absolute Gasteiger partial charge is 0.209 e. The van der Waals surface area contributed by atoms with E-state index in [-0.39, 0.29) is 6.04 Å². The summed E-state index contributed by atoms with van der Waals surface area (Å²) in [6.45, 7) is 2.97. The summed E-state index contributed by atoms with van der Waals surface area (Å²) in [6, 6.07) is 0.0306. The van der Waals surface area contributed by atoms with Crippen molar-refractivity contribution in [3.63, 3.8) is 0 Å². The fourth-order valence-corrected chi connectivity index (χ4v) is 1.43. The molecule has 0 bridgehead atoms. The highest BCUT2D eigenvalue weighted by molar-refractivity contribution is 5.49. The van der Waals surface area contributed by atoms with Crippen molar-refractivity contribution >= 4 is 12.8 Å². The van der Waals surface area contributed by atoms with Crippen molar-refractivity contribution < 1.29 is 9.59 Å². The van der Waals surface area contributed by atoms with Gasteiger partial charge in [-0.15, -0.1) is 0 Å². The summed E-state index contributed by atoms with van der Waals surface area (Å²) < 4.78 is 0. The molecule has 0 aromatic carbocycles. The van der Waals surface area contributed by atoms with Crippen LogP contribution in [0, 0.1) is 0 Å². The Balaban J connectivity index is 2.41. The molecule has 5 nitrogen and oxygen atoms in total. The van der Waals surface area contributed by atoms with Crippen LogP contribution in [0.3, 0.4) is 0 Å². The average Bonchev–Trinajstić information content (AvgIpc) is 2.09. The number of hydrogen-bond donors (Lipinski definition) is 2. The van der Waals surface area contributed by atoms with Crippen LogP contribution in [0.5, 0.6) is 0 Å². The van der Waals surface area contributed by atoms with E-state index in [2.05, 4.69) is 10.6 Å². The fraction of sp³-hybridized carbons (Fsp3) is 0.750. The zero-order chi connectivity index (χ0) is 9.52. The summed E-state index contributed by atoms with van der Waals surface area (Å²) >= 11 is 0. The van der Waals surface area contributed by atoms with E-state index >= 15 is 0 Å². The maximum atomic E-state index is 10.6. The van der Waals surface area contributed by atoms with Crippen LogP contribution in [0.15, 0.2) is 0 Å². The third-order valence-corrected chi connectivity index (χ3v) is 2.10. The summed E-state index contributed by atoms with van der Waals surface area (Å²) in [5.41, 5.74) is 0. The second-order valence-corrected chi connectivity index (χ2v) is 3.14. The maximum absolute atomic E-state index is 10.6. The standard InChI is InChI=1S/C8H15N3O2/c12-6-10-8-4-9-2-1-3-11(5-8)7-13/h6-9H,1-5H2,(H,10,12). The zero-order valence-electron chi connectivity index (χ0n) is 7.53. The molecule has 1 heterocycles. The lowest BCUT2D eigenvalue weighted by Crippen LogP contribution is -2.48. The van der Waals surface area contributed by atoms with Crippen molar-refractivity contribution in [2.24, 2.45) is 0 Å². The van der Waals surface area contributed by atoms with Crippen molar-refractivity contribution in [1.29, 1.82) is 0 Å². The first kappa shape index (κ1) is 9.98. The molecule has 0 radical (unpaired) electrons. The largest absolute Gasteiger partial charge is 0.353 e. The van der Waals surface area contributed by atoms with Crippen LogP contribution in [-0.2, 0) is 9.59 Å². The summed E-state index contributed by atoms with van der Waals surface area (Å²) in [6.07, 6.45) is 2.48. The molecule has 2 N–H and O–H groups in total. The summed E-state index contributed by atoms with van der Waals surface area (Å²) in [5, 5.41) is 5.88. The number of rotatable bonds is 3. The third kappa shape index (κ3) is 3.42. The van der Waals surface area contributed by atoms with Gasteiger partial charge in [0.05, 0.1) is 6.04 Å². The minimum atomic E-state index is 0.0306. The van der Waals surface area contributed by atoms with Crippen molar-refractivity contribution in [3.8, 4) is 0 Å². The molecule has 1 unspecified atom stereocenters. The Morgan fingerprint density at radius 1 is 1.46 bits per heavy atom. The SMILES string of the molecule is O=CNC1CNCCCN(C=O)C1. The summed E-state index contributed by atoms with van der Waals surface area (Å²) in [5.74, 6) is 0. The quantitative estimate of drug-likeness (QED) is 0.529. The van der Waals surface area contributed by atoms with E-state index in [9.17, 15) is 9.59 Å². The normalized spacial score (nSPS) is 24.3. The lowest BCUT2D eigenvalue weighted by molar-refractivity contribution is -0.119. The van der Waals surface area contributed by atoms with Crippen LogP contribution in [0.2, 0.25) is 0 Å². The number of amides is 2. The van der Waals surface area contributed by atoms with Gasteiger partial charge in [-0.2, -0.15) is 0 Å². The summed E-state index contributed by atoms with van der Waals surface area (Å²) in [7, 11) is 0. The van der Waals surface area contributed by atoms with Crippen LogP contribution in [0.1, 0.15) is 6.42 Å². The van der Waals surface area contributed by atoms with E-state index in [1.807, 2.05) is 0 Å². The fourth-order valence-electron chi connectivity index (χ4n) is 1.43. The highest BCUT2D eigenvalue weighted by Crippen LogP contribution is 1.94. The van der Waals surface area contributed by atoms with Gasteiger partial charge < -0.3 is 15.5 Å². The molecule has 1 saturated heterocycles. The van der Waals surface area contributed by atoms with Gasteiger partial charge in [0, 0.05) is 19.6 Å². The van der Waals surface area contributed by atoms with Crippen LogP contribution in [0.4, 0.5) is 0 Å². The molecule has 13 heavy (non-hydrogen) atoms. The molecule has 1 aliphatic rings. The molecule has 5 heteroatoms. The molecule has 1 rings (SSSR count). The van der Waals surface area contributed by atoms with Crippen molar-refractivity contribution in [1.82, 2.24) is 15.5 Å². The van der Waals surface area contributed by atoms with Crippen LogP contribution < -0.4 is 10.6 Å². The van der Waals surface area contributed by atoms with Gasteiger partial charge in [0.15, 0.2) is 0 Å². The van der Waals surface area contributed by atoms with E-state index < -0.39 is 0 Å². The molecular formula is C8H15N3O2. The van der Waals surface area contributed by atoms with Crippen molar-refractivity contribution in [2.45, 2.75) is 12.5 Å². The number of nitrogens with one attached hydrogen (secondary N) is 2.